The van der Waals surface area contributed by atoms with E-state index >= 15 is 0 Å². The number of amides is 1. The number of aryl methyl sites for hydroxylation is 1. The third-order valence-electron chi connectivity index (χ3n) is 3.39. The van der Waals surface area contributed by atoms with Gasteiger partial charge in [-0.05, 0) is 52.2 Å². The number of para-hydroxylation sites is 1. The summed E-state index contributed by atoms with van der Waals surface area (Å²) in [5.41, 5.74) is 2.08. The van der Waals surface area contributed by atoms with Gasteiger partial charge in [0.1, 0.15) is 0 Å². The number of hydrogen-bond donors (Lipinski definition) is 1. The minimum Gasteiger partial charge on any atom is -0.351 e. The lowest BCUT2D eigenvalue weighted by molar-refractivity contribution is -0.121. The van der Waals surface area contributed by atoms with Crippen molar-refractivity contribution >= 4 is 33.2 Å². The molecule has 0 atom stereocenters. The first-order valence-corrected chi connectivity index (χ1v) is 8.91. The Hall–Kier alpha value is -1.92. The van der Waals surface area contributed by atoms with Gasteiger partial charge < -0.3 is 5.32 Å². The molecule has 1 aromatic carbocycles. The first-order chi connectivity index (χ1) is 11.2. The number of halogens is 1. The molecule has 1 N–H and O–H groups in total. The van der Waals surface area contributed by atoms with Crippen LogP contribution in [0.25, 0.3) is 5.69 Å². The maximum absolute atomic E-state index is 11.9. The van der Waals surface area contributed by atoms with Crippen molar-refractivity contribution in [2.75, 3.05) is 0 Å². The molecule has 23 heavy (non-hydrogen) atoms. The number of carbonyl (C=O) groups is 1. The zero-order chi connectivity index (χ0) is 16.1. The van der Waals surface area contributed by atoms with E-state index in [4.69, 9.17) is 0 Å². The molecule has 0 fully saturated rings. The summed E-state index contributed by atoms with van der Waals surface area (Å²) in [6.07, 6.45) is 4.94. The lowest BCUT2D eigenvalue weighted by atomic mass is 10.2. The molecular formula is C17H16BrN3OS. The molecule has 6 heteroatoms. The van der Waals surface area contributed by atoms with E-state index in [9.17, 15) is 4.79 Å². The zero-order valence-electron chi connectivity index (χ0n) is 12.4. The van der Waals surface area contributed by atoms with Gasteiger partial charge in [-0.1, -0.05) is 18.2 Å². The first kappa shape index (κ1) is 16.0. The molecular weight excluding hydrogens is 374 g/mol. The number of rotatable bonds is 6. The molecule has 0 bridgehead atoms. The Kier molecular flexibility index (Phi) is 5.25. The van der Waals surface area contributed by atoms with Crippen molar-refractivity contribution in [1.82, 2.24) is 15.1 Å². The van der Waals surface area contributed by atoms with E-state index in [0.29, 0.717) is 19.4 Å². The van der Waals surface area contributed by atoms with E-state index < -0.39 is 0 Å². The third kappa shape index (κ3) is 4.53. The molecule has 0 aliphatic heterocycles. The van der Waals surface area contributed by atoms with Crippen molar-refractivity contribution in [3.05, 3.63) is 69.1 Å². The number of thiophene rings is 1. The number of benzene rings is 1. The van der Waals surface area contributed by atoms with Gasteiger partial charge in [-0.3, -0.25) is 4.79 Å². The molecule has 3 rings (SSSR count). The second kappa shape index (κ2) is 7.57. The Bertz CT molecular complexity index is 782. The van der Waals surface area contributed by atoms with E-state index in [0.717, 1.165) is 19.9 Å². The van der Waals surface area contributed by atoms with Crippen molar-refractivity contribution in [1.29, 1.82) is 0 Å². The second-order valence-corrected chi connectivity index (χ2v) is 7.66. The number of aromatic nitrogens is 2. The molecule has 0 saturated heterocycles. The molecule has 0 saturated carbocycles. The Morgan fingerprint density at radius 3 is 2.78 bits per heavy atom. The minimum absolute atomic E-state index is 0.0574. The smallest absolute Gasteiger partial charge is 0.220 e. The Morgan fingerprint density at radius 2 is 2.04 bits per heavy atom. The summed E-state index contributed by atoms with van der Waals surface area (Å²) in [5.74, 6) is 0.0574. The molecule has 1 amide bonds. The van der Waals surface area contributed by atoms with Gasteiger partial charge in [0.25, 0.3) is 0 Å². The lowest BCUT2D eigenvalue weighted by Gasteiger charge is -2.02. The Labute approximate surface area is 147 Å². The minimum atomic E-state index is 0.0574. The highest BCUT2D eigenvalue weighted by atomic mass is 79.9. The number of nitrogens with zero attached hydrogens (tertiary/aromatic N) is 2. The van der Waals surface area contributed by atoms with E-state index in [-0.39, 0.29) is 5.91 Å². The lowest BCUT2D eigenvalue weighted by Crippen LogP contribution is -2.22. The van der Waals surface area contributed by atoms with Gasteiger partial charge in [-0.25, -0.2) is 4.68 Å². The van der Waals surface area contributed by atoms with Crippen LogP contribution in [0.1, 0.15) is 16.9 Å². The summed E-state index contributed by atoms with van der Waals surface area (Å²) in [4.78, 5) is 13.1. The van der Waals surface area contributed by atoms with Gasteiger partial charge >= 0.3 is 0 Å². The van der Waals surface area contributed by atoms with Crippen LogP contribution in [0.15, 0.2) is 58.6 Å². The van der Waals surface area contributed by atoms with Crippen molar-refractivity contribution in [3.8, 4) is 5.69 Å². The first-order valence-electron chi connectivity index (χ1n) is 7.30. The molecule has 0 unspecified atom stereocenters. The van der Waals surface area contributed by atoms with Gasteiger partial charge in [-0.15, -0.1) is 11.3 Å². The summed E-state index contributed by atoms with van der Waals surface area (Å²) < 4.78 is 2.91. The highest BCUT2D eigenvalue weighted by Crippen LogP contribution is 2.21. The van der Waals surface area contributed by atoms with E-state index in [2.05, 4.69) is 26.3 Å². The van der Waals surface area contributed by atoms with Crippen LogP contribution in [-0.4, -0.2) is 15.7 Å². The van der Waals surface area contributed by atoms with Crippen molar-refractivity contribution in [3.63, 3.8) is 0 Å². The van der Waals surface area contributed by atoms with Crippen molar-refractivity contribution in [2.45, 2.75) is 19.4 Å². The average molecular weight is 390 g/mol. The Morgan fingerprint density at radius 1 is 1.22 bits per heavy atom. The largest absolute Gasteiger partial charge is 0.351 e. The van der Waals surface area contributed by atoms with Gasteiger partial charge in [0.2, 0.25) is 5.91 Å². The van der Waals surface area contributed by atoms with Crippen molar-refractivity contribution in [2.24, 2.45) is 0 Å². The van der Waals surface area contributed by atoms with Crippen LogP contribution in [0.4, 0.5) is 0 Å². The fraction of sp³-hybridized carbons (Fsp3) is 0.176. The monoisotopic (exact) mass is 389 g/mol. The molecule has 3 aromatic rings. The molecule has 4 nitrogen and oxygen atoms in total. The quantitative estimate of drug-likeness (QED) is 0.693. The molecule has 0 spiro atoms. The fourth-order valence-electron chi connectivity index (χ4n) is 2.19. The van der Waals surface area contributed by atoms with Crippen LogP contribution in [0.3, 0.4) is 0 Å². The molecule has 118 valence electrons. The van der Waals surface area contributed by atoms with Crippen LogP contribution in [0.2, 0.25) is 0 Å². The normalized spacial score (nSPS) is 10.7. The zero-order valence-corrected chi connectivity index (χ0v) is 14.8. The van der Waals surface area contributed by atoms with E-state index in [1.807, 2.05) is 59.5 Å². The summed E-state index contributed by atoms with van der Waals surface area (Å²) in [5, 5.41) is 7.29. The van der Waals surface area contributed by atoms with E-state index in [1.54, 1.807) is 11.3 Å². The third-order valence-corrected chi connectivity index (χ3v) is 5.01. The van der Waals surface area contributed by atoms with Gasteiger partial charge in [0.05, 0.1) is 22.2 Å². The molecule has 0 aliphatic rings. The maximum atomic E-state index is 11.9. The van der Waals surface area contributed by atoms with Crippen LogP contribution in [-0.2, 0) is 17.8 Å². The van der Waals surface area contributed by atoms with Crippen LogP contribution in [0.5, 0.6) is 0 Å². The van der Waals surface area contributed by atoms with Gasteiger partial charge in [0, 0.05) is 17.5 Å². The predicted molar refractivity (Wildman–Crippen MR) is 95.8 cm³/mol. The van der Waals surface area contributed by atoms with Crippen LogP contribution in [0, 0.1) is 0 Å². The summed E-state index contributed by atoms with van der Waals surface area (Å²) in [7, 11) is 0. The Balaban J connectivity index is 1.48. The SMILES string of the molecule is O=C(CCc1cnn(-c2ccccc2)c1)NCc1ccc(Br)s1. The summed E-state index contributed by atoms with van der Waals surface area (Å²) in [6, 6.07) is 13.9. The van der Waals surface area contributed by atoms with Gasteiger partial charge in [0.15, 0.2) is 0 Å². The number of nitrogens with one attached hydrogen (secondary N) is 1. The number of hydrogen-bond acceptors (Lipinski definition) is 3. The molecule has 0 radical (unpaired) electrons. The molecule has 2 heterocycles. The highest BCUT2D eigenvalue weighted by molar-refractivity contribution is 9.11. The van der Waals surface area contributed by atoms with E-state index in [1.165, 1.54) is 0 Å². The molecule has 2 aromatic heterocycles. The average Bonchev–Trinajstić information content (AvgIpc) is 3.21. The second-order valence-electron chi connectivity index (χ2n) is 5.11. The number of carbonyl (C=O) groups excluding carboxylic acids is 1. The maximum Gasteiger partial charge on any atom is 0.220 e. The predicted octanol–water partition coefficient (Wildman–Crippen LogP) is 3.95. The standard InChI is InChI=1S/C17H16BrN3OS/c18-16-8-7-15(23-16)11-19-17(22)9-6-13-10-20-21(12-13)14-4-2-1-3-5-14/h1-5,7-8,10,12H,6,9,11H2,(H,19,22). The topological polar surface area (TPSA) is 46.9 Å². The summed E-state index contributed by atoms with van der Waals surface area (Å²) in [6.45, 7) is 0.582. The highest BCUT2D eigenvalue weighted by Gasteiger charge is 2.06. The summed E-state index contributed by atoms with van der Waals surface area (Å²) >= 11 is 5.05. The van der Waals surface area contributed by atoms with Crippen LogP contribution >= 0.6 is 27.3 Å². The van der Waals surface area contributed by atoms with Crippen LogP contribution < -0.4 is 5.32 Å². The van der Waals surface area contributed by atoms with Gasteiger partial charge in [-0.2, -0.15) is 5.10 Å². The molecule has 0 aliphatic carbocycles. The fourth-order valence-corrected chi connectivity index (χ4v) is 3.61. The van der Waals surface area contributed by atoms with Crippen molar-refractivity contribution < 1.29 is 4.79 Å².